The zero-order chi connectivity index (χ0) is 23.8. The zero-order valence-corrected chi connectivity index (χ0v) is 19.3. The molecule has 9 heteroatoms. The molecule has 2 fully saturated rings. The standard InChI is InChI=1S/C24H26ClN3O5/c1-14(29)21-26-23(31)24(27-21,9-8-15-10-17(25)5-7-20(15)33-3)13-28-12-16-4-6-18(32-2)11-19(16)22(28)30/h4-7,10-11,14,16,19,21,27,29H,12-13H2,1-3H3,(H,26,31)/t14?,16?,19?,21-,24-/m1/s1. The van der Waals surface area contributed by atoms with E-state index in [9.17, 15) is 14.7 Å². The van der Waals surface area contributed by atoms with Gasteiger partial charge in [0.2, 0.25) is 5.91 Å². The Balaban J connectivity index is 1.67. The van der Waals surface area contributed by atoms with E-state index in [1.54, 1.807) is 37.1 Å². The lowest BCUT2D eigenvalue weighted by molar-refractivity contribution is -0.131. The SMILES string of the molecule is COC1=CC2C(=O)N(C[C@@]3(C#Cc4cc(Cl)ccc4OC)N[C@H](C(C)O)NC3=O)CC2C=C1. The molecule has 3 N–H and O–H groups in total. The van der Waals surface area contributed by atoms with Gasteiger partial charge in [0, 0.05) is 17.5 Å². The summed E-state index contributed by atoms with van der Waals surface area (Å²) in [5, 5.41) is 16.4. The van der Waals surface area contributed by atoms with Crippen molar-refractivity contribution >= 4 is 23.4 Å². The highest BCUT2D eigenvalue weighted by Gasteiger charge is 2.51. The molecule has 174 valence electrons. The van der Waals surface area contributed by atoms with Crippen LogP contribution in [0, 0.1) is 23.7 Å². The molecular weight excluding hydrogens is 446 g/mol. The van der Waals surface area contributed by atoms with Crippen LogP contribution in [0.15, 0.2) is 42.2 Å². The van der Waals surface area contributed by atoms with Gasteiger partial charge in [-0.15, -0.1) is 0 Å². The normalized spacial score (nSPS) is 29.1. The molecule has 0 aromatic heterocycles. The van der Waals surface area contributed by atoms with Gasteiger partial charge in [0.05, 0.1) is 38.3 Å². The van der Waals surface area contributed by atoms with Crippen molar-refractivity contribution in [2.75, 3.05) is 27.3 Å². The summed E-state index contributed by atoms with van der Waals surface area (Å²) in [6.45, 7) is 2.04. The van der Waals surface area contributed by atoms with Crippen LogP contribution in [0.5, 0.6) is 5.75 Å². The fourth-order valence-electron chi connectivity index (χ4n) is 4.32. The highest BCUT2D eigenvalue weighted by atomic mass is 35.5. The lowest BCUT2D eigenvalue weighted by atomic mass is 9.91. The predicted octanol–water partition coefficient (Wildman–Crippen LogP) is 1.04. The van der Waals surface area contributed by atoms with Gasteiger partial charge in [-0.1, -0.05) is 29.5 Å². The van der Waals surface area contributed by atoms with Crippen LogP contribution in [-0.2, 0) is 14.3 Å². The van der Waals surface area contributed by atoms with E-state index in [2.05, 4.69) is 22.5 Å². The maximum Gasteiger partial charge on any atom is 0.256 e. The average molecular weight is 472 g/mol. The van der Waals surface area contributed by atoms with E-state index < -0.39 is 23.7 Å². The molecule has 2 amide bonds. The lowest BCUT2D eigenvalue weighted by Crippen LogP contribution is -2.56. The first kappa shape index (κ1) is 23.2. The first-order valence-corrected chi connectivity index (χ1v) is 11.0. The van der Waals surface area contributed by atoms with Crippen molar-refractivity contribution in [1.29, 1.82) is 0 Å². The molecule has 8 nitrogen and oxygen atoms in total. The summed E-state index contributed by atoms with van der Waals surface area (Å²) in [4.78, 5) is 27.9. The molecule has 0 radical (unpaired) electrons. The van der Waals surface area contributed by atoms with Crippen molar-refractivity contribution in [1.82, 2.24) is 15.5 Å². The van der Waals surface area contributed by atoms with Crippen LogP contribution in [0.4, 0.5) is 0 Å². The summed E-state index contributed by atoms with van der Waals surface area (Å²) in [6.07, 6.45) is 4.06. The minimum Gasteiger partial charge on any atom is -0.497 e. The Morgan fingerprint density at radius 3 is 2.79 bits per heavy atom. The fraction of sp³-hybridized carbons (Fsp3) is 0.417. The second-order valence-electron chi connectivity index (χ2n) is 8.38. The predicted molar refractivity (Wildman–Crippen MR) is 122 cm³/mol. The number of nitrogens with one attached hydrogen (secondary N) is 2. The number of rotatable bonds is 5. The maximum absolute atomic E-state index is 13.2. The minimum atomic E-state index is -1.42. The second-order valence-corrected chi connectivity index (χ2v) is 8.81. The van der Waals surface area contributed by atoms with Crippen molar-refractivity contribution < 1.29 is 24.2 Å². The summed E-state index contributed by atoms with van der Waals surface area (Å²) in [5.74, 6) is 6.30. The number of carbonyl (C=O) groups excluding carboxylic acids is 2. The monoisotopic (exact) mass is 471 g/mol. The number of benzene rings is 1. The first-order valence-electron chi connectivity index (χ1n) is 10.6. The summed E-state index contributed by atoms with van der Waals surface area (Å²) in [5.41, 5.74) is -0.910. The van der Waals surface area contributed by atoms with E-state index >= 15 is 0 Å². The molecule has 5 atom stereocenters. The molecule has 1 aliphatic carbocycles. The smallest absolute Gasteiger partial charge is 0.256 e. The van der Waals surface area contributed by atoms with Crippen molar-refractivity contribution in [2.45, 2.75) is 24.7 Å². The molecule has 2 heterocycles. The molecule has 4 rings (SSSR count). The van der Waals surface area contributed by atoms with Crippen LogP contribution in [0.2, 0.25) is 5.02 Å². The van der Waals surface area contributed by atoms with Crippen molar-refractivity contribution in [3.63, 3.8) is 0 Å². The number of aliphatic hydroxyl groups is 1. The van der Waals surface area contributed by atoms with E-state index in [0.717, 1.165) is 0 Å². The molecule has 1 aromatic carbocycles. The third-order valence-corrected chi connectivity index (χ3v) is 6.37. The molecule has 3 unspecified atom stereocenters. The van der Waals surface area contributed by atoms with Gasteiger partial charge in [0.15, 0.2) is 5.54 Å². The van der Waals surface area contributed by atoms with Gasteiger partial charge in [-0.2, -0.15) is 0 Å². The second kappa shape index (κ2) is 9.10. The highest BCUT2D eigenvalue weighted by molar-refractivity contribution is 6.30. The summed E-state index contributed by atoms with van der Waals surface area (Å²) in [6, 6.07) is 5.03. The van der Waals surface area contributed by atoms with E-state index in [1.807, 2.05) is 18.2 Å². The molecular formula is C24H26ClN3O5. The van der Waals surface area contributed by atoms with Crippen molar-refractivity contribution in [2.24, 2.45) is 11.8 Å². The Morgan fingerprint density at radius 1 is 1.33 bits per heavy atom. The number of hydrogen-bond donors (Lipinski definition) is 3. The van der Waals surface area contributed by atoms with Crippen LogP contribution < -0.4 is 15.4 Å². The number of hydrogen-bond acceptors (Lipinski definition) is 6. The third kappa shape index (κ3) is 4.44. The summed E-state index contributed by atoms with van der Waals surface area (Å²) < 4.78 is 10.6. The average Bonchev–Trinajstić information content (AvgIpc) is 3.29. The minimum absolute atomic E-state index is 0.00791. The number of nitrogens with zero attached hydrogens (tertiary/aromatic N) is 1. The van der Waals surface area contributed by atoms with Crippen LogP contribution in [0.25, 0.3) is 0 Å². The fourth-order valence-corrected chi connectivity index (χ4v) is 4.49. The Morgan fingerprint density at radius 2 is 2.12 bits per heavy atom. The Labute approximate surface area is 197 Å². The highest BCUT2D eigenvalue weighted by Crippen LogP contribution is 2.33. The van der Waals surface area contributed by atoms with Crippen molar-refractivity contribution in [3.05, 3.63) is 52.8 Å². The molecule has 0 saturated carbocycles. The molecule has 2 aliphatic heterocycles. The van der Waals surface area contributed by atoms with Crippen LogP contribution in [-0.4, -0.2) is 66.9 Å². The topological polar surface area (TPSA) is 100 Å². The quantitative estimate of drug-likeness (QED) is 0.555. The van der Waals surface area contributed by atoms with E-state index in [-0.39, 0.29) is 24.3 Å². The molecule has 1 aromatic rings. The Bertz CT molecular complexity index is 1090. The number of halogens is 1. The van der Waals surface area contributed by atoms with Gasteiger partial charge < -0.3 is 24.8 Å². The lowest BCUT2D eigenvalue weighted by Gasteiger charge is -2.28. The number of likely N-dealkylation sites (tertiary alicyclic amines) is 1. The number of ether oxygens (including phenoxy) is 2. The molecule has 33 heavy (non-hydrogen) atoms. The number of carbonyl (C=O) groups is 2. The molecule has 3 aliphatic rings. The van der Waals surface area contributed by atoms with Crippen LogP contribution in [0.3, 0.4) is 0 Å². The molecule has 2 saturated heterocycles. The van der Waals surface area contributed by atoms with Gasteiger partial charge >= 0.3 is 0 Å². The van der Waals surface area contributed by atoms with Gasteiger partial charge in [-0.25, -0.2) is 0 Å². The Hall–Kier alpha value is -2.99. The Kier molecular flexibility index (Phi) is 6.39. The van der Waals surface area contributed by atoms with Gasteiger partial charge in [0.25, 0.3) is 5.91 Å². The van der Waals surface area contributed by atoms with E-state index in [0.29, 0.717) is 28.6 Å². The summed E-state index contributed by atoms with van der Waals surface area (Å²) in [7, 11) is 3.08. The van der Waals surface area contributed by atoms with Crippen LogP contribution in [0.1, 0.15) is 12.5 Å². The van der Waals surface area contributed by atoms with Gasteiger partial charge in [0.1, 0.15) is 17.7 Å². The summed E-state index contributed by atoms with van der Waals surface area (Å²) >= 11 is 6.12. The first-order chi connectivity index (χ1) is 15.8. The largest absolute Gasteiger partial charge is 0.497 e. The number of amides is 2. The third-order valence-electron chi connectivity index (χ3n) is 6.14. The number of allylic oxidation sites excluding steroid dienone is 1. The number of fused-ring (bicyclic) bond motifs is 1. The molecule has 0 spiro atoms. The van der Waals surface area contributed by atoms with Gasteiger partial charge in [-0.3, -0.25) is 14.9 Å². The van der Waals surface area contributed by atoms with Crippen molar-refractivity contribution in [3.8, 4) is 17.6 Å². The number of aliphatic hydroxyl groups excluding tert-OH is 1. The van der Waals surface area contributed by atoms with Crippen LogP contribution >= 0.6 is 11.6 Å². The van der Waals surface area contributed by atoms with Gasteiger partial charge in [-0.05, 0) is 37.3 Å². The van der Waals surface area contributed by atoms with E-state index in [4.69, 9.17) is 21.1 Å². The molecule has 0 bridgehead atoms. The maximum atomic E-state index is 13.2. The zero-order valence-electron chi connectivity index (χ0n) is 18.6. The van der Waals surface area contributed by atoms with E-state index in [1.165, 1.54) is 7.11 Å². The number of methoxy groups -OCH3 is 2.